The van der Waals surface area contributed by atoms with Gasteiger partial charge in [0.15, 0.2) is 11.2 Å². The van der Waals surface area contributed by atoms with Crippen LogP contribution in [0, 0.1) is 6.92 Å². The molecular weight excluding hydrogens is 370 g/mol. The summed E-state index contributed by atoms with van der Waals surface area (Å²) in [6.07, 6.45) is 0. The van der Waals surface area contributed by atoms with E-state index in [1.54, 1.807) is 11.6 Å². The van der Waals surface area contributed by atoms with Gasteiger partial charge in [0, 0.05) is 30.8 Å². The molecule has 0 spiro atoms. The Morgan fingerprint density at radius 1 is 1.26 bits per heavy atom. The molecule has 0 amide bonds. The number of carbonyl (C=O) groups excluding carboxylic acids is 1. The van der Waals surface area contributed by atoms with Crippen LogP contribution < -0.4 is 16.1 Å². The number of hydrogen-bond donors (Lipinski definition) is 0. The van der Waals surface area contributed by atoms with Gasteiger partial charge in [-0.15, -0.1) is 0 Å². The number of aryl methyl sites for hydroxylation is 2. The van der Waals surface area contributed by atoms with Crippen LogP contribution >= 0.6 is 11.6 Å². The van der Waals surface area contributed by atoms with Crippen molar-refractivity contribution in [2.45, 2.75) is 26.9 Å². The van der Waals surface area contributed by atoms with Crippen molar-refractivity contribution in [1.82, 2.24) is 18.7 Å². The third-order valence-electron chi connectivity index (χ3n) is 4.85. The van der Waals surface area contributed by atoms with Crippen molar-refractivity contribution in [3.8, 4) is 0 Å². The Bertz CT molecular complexity index is 1220. The topological polar surface area (TPSA) is 82.1 Å². The maximum Gasteiger partial charge on any atom is 0.332 e. The Kier molecular flexibility index (Phi) is 3.96. The van der Waals surface area contributed by atoms with Gasteiger partial charge in [0.1, 0.15) is 5.78 Å². The molecule has 0 radical (unpaired) electrons. The highest BCUT2D eigenvalue weighted by molar-refractivity contribution is 6.31. The van der Waals surface area contributed by atoms with E-state index in [1.807, 2.05) is 30.0 Å². The molecule has 0 fully saturated rings. The van der Waals surface area contributed by atoms with E-state index in [0.29, 0.717) is 35.2 Å². The first-order chi connectivity index (χ1) is 12.8. The minimum atomic E-state index is -0.551. The molecule has 2 aromatic heterocycles. The zero-order valence-electron chi connectivity index (χ0n) is 15.2. The number of ketones is 1. The van der Waals surface area contributed by atoms with Crippen molar-refractivity contribution in [3.05, 3.63) is 49.6 Å². The second-order valence-electron chi connectivity index (χ2n) is 6.76. The predicted molar refractivity (Wildman–Crippen MR) is 103 cm³/mol. The smallest absolute Gasteiger partial charge is 0.310 e. The number of halogens is 1. The third-order valence-corrected chi connectivity index (χ3v) is 5.26. The molecule has 3 heterocycles. The molecule has 3 aromatic rings. The molecule has 0 N–H and O–H groups in total. The molecule has 9 heteroatoms. The van der Waals surface area contributed by atoms with Crippen LogP contribution in [0.4, 0.5) is 11.6 Å². The largest absolute Gasteiger partial charge is 0.332 e. The number of nitrogens with zero attached hydrogens (tertiary/aromatic N) is 5. The van der Waals surface area contributed by atoms with Crippen molar-refractivity contribution >= 4 is 40.2 Å². The van der Waals surface area contributed by atoms with E-state index in [-0.39, 0.29) is 12.3 Å². The van der Waals surface area contributed by atoms with Crippen molar-refractivity contribution < 1.29 is 4.79 Å². The lowest BCUT2D eigenvalue weighted by Crippen LogP contribution is -2.41. The van der Waals surface area contributed by atoms with Gasteiger partial charge in [0.25, 0.3) is 5.56 Å². The maximum absolute atomic E-state index is 12.9. The molecule has 1 aliphatic rings. The molecular formula is C18H18ClN5O3. The average molecular weight is 388 g/mol. The van der Waals surface area contributed by atoms with Gasteiger partial charge in [-0.3, -0.25) is 18.7 Å². The molecule has 4 rings (SSSR count). The van der Waals surface area contributed by atoms with Gasteiger partial charge in [-0.05, 0) is 31.5 Å². The first-order valence-corrected chi connectivity index (χ1v) is 8.90. The lowest BCUT2D eigenvalue weighted by atomic mass is 10.2. The van der Waals surface area contributed by atoms with Gasteiger partial charge in [-0.25, -0.2) is 4.79 Å². The van der Waals surface area contributed by atoms with Crippen molar-refractivity contribution in [2.24, 2.45) is 7.05 Å². The molecule has 8 nitrogen and oxygen atoms in total. The number of carbonyl (C=O) groups is 1. The Balaban J connectivity index is 1.95. The Hall–Kier alpha value is -2.87. The van der Waals surface area contributed by atoms with Crippen LogP contribution in [-0.4, -0.2) is 31.0 Å². The van der Waals surface area contributed by atoms with Gasteiger partial charge in [0.2, 0.25) is 5.95 Å². The van der Waals surface area contributed by atoms with E-state index in [9.17, 15) is 14.4 Å². The number of rotatable bonds is 3. The number of aromatic nitrogens is 4. The van der Waals surface area contributed by atoms with E-state index in [2.05, 4.69) is 4.98 Å². The molecule has 1 aromatic carbocycles. The Morgan fingerprint density at radius 3 is 2.67 bits per heavy atom. The Morgan fingerprint density at radius 2 is 2.00 bits per heavy atom. The van der Waals surface area contributed by atoms with Crippen molar-refractivity contribution in [1.29, 1.82) is 0 Å². The third kappa shape index (κ3) is 2.59. The number of benzene rings is 1. The van der Waals surface area contributed by atoms with E-state index < -0.39 is 11.2 Å². The normalized spacial score (nSPS) is 13.4. The molecule has 0 aliphatic carbocycles. The van der Waals surface area contributed by atoms with Crippen LogP contribution in [0.15, 0.2) is 27.8 Å². The lowest BCUT2D eigenvalue weighted by Gasteiger charge is -2.16. The van der Waals surface area contributed by atoms with Crippen LogP contribution in [0.25, 0.3) is 11.2 Å². The summed E-state index contributed by atoms with van der Waals surface area (Å²) < 4.78 is 4.07. The summed E-state index contributed by atoms with van der Waals surface area (Å²) in [4.78, 5) is 43.4. The highest BCUT2D eigenvalue weighted by atomic mass is 35.5. The zero-order chi connectivity index (χ0) is 19.5. The maximum atomic E-state index is 12.9. The van der Waals surface area contributed by atoms with E-state index in [0.717, 1.165) is 15.8 Å². The second kappa shape index (κ2) is 6.09. The first kappa shape index (κ1) is 17.5. The molecule has 0 saturated carbocycles. The van der Waals surface area contributed by atoms with Crippen LogP contribution in [0.5, 0.6) is 0 Å². The molecule has 0 bridgehead atoms. The van der Waals surface area contributed by atoms with E-state index >= 15 is 0 Å². The molecule has 0 atom stereocenters. The van der Waals surface area contributed by atoms with Gasteiger partial charge < -0.3 is 9.47 Å². The zero-order valence-corrected chi connectivity index (χ0v) is 15.9. The quantitative estimate of drug-likeness (QED) is 0.681. The van der Waals surface area contributed by atoms with Crippen molar-refractivity contribution in [3.63, 3.8) is 0 Å². The highest BCUT2D eigenvalue weighted by Crippen LogP contribution is 2.33. The highest BCUT2D eigenvalue weighted by Gasteiger charge is 2.29. The van der Waals surface area contributed by atoms with Gasteiger partial charge >= 0.3 is 5.69 Å². The summed E-state index contributed by atoms with van der Waals surface area (Å²) in [6, 6.07) is 5.74. The van der Waals surface area contributed by atoms with E-state index in [4.69, 9.17) is 11.6 Å². The molecule has 1 aliphatic heterocycles. The monoisotopic (exact) mass is 387 g/mol. The SMILES string of the molecule is CC(=O)Cn1c(=O)c2c(nc3n2CCN3c2ccc(C)c(Cl)c2)n(C)c1=O. The number of imidazole rings is 1. The number of hydrogen-bond acceptors (Lipinski definition) is 5. The summed E-state index contributed by atoms with van der Waals surface area (Å²) in [7, 11) is 1.55. The van der Waals surface area contributed by atoms with Crippen LogP contribution in [-0.2, 0) is 24.9 Å². The molecule has 27 heavy (non-hydrogen) atoms. The van der Waals surface area contributed by atoms with Gasteiger partial charge in [0.05, 0.1) is 6.54 Å². The van der Waals surface area contributed by atoms with Crippen LogP contribution in [0.3, 0.4) is 0 Å². The van der Waals surface area contributed by atoms with Crippen molar-refractivity contribution in [2.75, 3.05) is 11.4 Å². The lowest BCUT2D eigenvalue weighted by molar-refractivity contribution is -0.117. The second-order valence-corrected chi connectivity index (χ2v) is 7.16. The van der Waals surface area contributed by atoms with Crippen LogP contribution in [0.2, 0.25) is 5.02 Å². The van der Waals surface area contributed by atoms with Gasteiger partial charge in [-0.2, -0.15) is 4.98 Å². The fraction of sp³-hybridized carbons (Fsp3) is 0.333. The fourth-order valence-electron chi connectivity index (χ4n) is 3.43. The average Bonchev–Trinajstić information content (AvgIpc) is 3.18. The molecule has 0 unspecified atom stereocenters. The standard InChI is InChI=1S/C18H18ClN5O3/c1-10-4-5-12(8-13(10)19)22-6-7-23-14-15(20-17(22)23)21(3)18(27)24(16(14)26)9-11(2)25/h4-5,8H,6-7,9H2,1-3H3. The fourth-order valence-corrected chi connectivity index (χ4v) is 3.61. The number of Topliss-reactive ketones (excluding diaryl/α,β-unsaturated/α-hetero) is 1. The first-order valence-electron chi connectivity index (χ1n) is 8.52. The minimum absolute atomic E-state index is 0.251. The molecule has 0 saturated heterocycles. The van der Waals surface area contributed by atoms with Crippen LogP contribution in [0.1, 0.15) is 12.5 Å². The summed E-state index contributed by atoms with van der Waals surface area (Å²) in [5, 5.41) is 0.651. The summed E-state index contributed by atoms with van der Waals surface area (Å²) in [6.45, 7) is 4.20. The Labute approximate surface area is 159 Å². The van der Waals surface area contributed by atoms with E-state index in [1.165, 1.54) is 11.5 Å². The van der Waals surface area contributed by atoms with Gasteiger partial charge in [-0.1, -0.05) is 17.7 Å². The summed E-state index contributed by atoms with van der Waals surface area (Å²) in [5.74, 6) is 0.322. The minimum Gasteiger partial charge on any atom is -0.310 e. The summed E-state index contributed by atoms with van der Waals surface area (Å²) >= 11 is 6.25. The number of fused-ring (bicyclic) bond motifs is 3. The summed E-state index contributed by atoms with van der Waals surface area (Å²) in [5.41, 5.74) is 1.43. The number of anilines is 2. The predicted octanol–water partition coefficient (Wildman–Crippen LogP) is 1.60. The molecule has 140 valence electrons.